The van der Waals surface area contributed by atoms with Crippen LogP contribution in [0.3, 0.4) is 0 Å². The molecule has 3 rings (SSSR count). The van der Waals surface area contributed by atoms with Crippen LogP contribution in [0.25, 0.3) is 11.6 Å². The predicted molar refractivity (Wildman–Crippen MR) is 105 cm³/mol. The molecule has 0 radical (unpaired) electrons. The monoisotopic (exact) mass is 355 g/mol. The molecule has 0 atom stereocenters. The van der Waals surface area contributed by atoms with Crippen LogP contribution >= 0.6 is 11.6 Å². The van der Waals surface area contributed by atoms with E-state index < -0.39 is 0 Å². The lowest BCUT2D eigenvalue weighted by molar-refractivity contribution is -0.110. The Morgan fingerprint density at radius 3 is 2.56 bits per heavy atom. The number of nitrogens with one attached hydrogen (secondary N) is 1. The van der Waals surface area contributed by atoms with Crippen molar-refractivity contribution >= 4 is 34.8 Å². The van der Waals surface area contributed by atoms with Crippen molar-refractivity contribution in [3.63, 3.8) is 0 Å². The van der Waals surface area contributed by atoms with E-state index in [1.165, 1.54) is 0 Å². The van der Waals surface area contributed by atoms with Gasteiger partial charge in [-0.2, -0.15) is 0 Å². The van der Waals surface area contributed by atoms with Crippen molar-refractivity contribution < 1.29 is 9.53 Å². The van der Waals surface area contributed by atoms with Crippen LogP contribution in [0.2, 0.25) is 5.02 Å². The summed E-state index contributed by atoms with van der Waals surface area (Å²) >= 11 is 6.26. The number of methoxy groups -OCH3 is 1. The quantitative estimate of drug-likeness (QED) is 0.729. The van der Waals surface area contributed by atoms with Gasteiger partial charge >= 0.3 is 0 Å². The summed E-state index contributed by atoms with van der Waals surface area (Å²) in [5.41, 5.74) is 6.47. The van der Waals surface area contributed by atoms with Gasteiger partial charge in [-0.05, 0) is 72.4 Å². The molecule has 25 heavy (non-hydrogen) atoms. The van der Waals surface area contributed by atoms with Gasteiger partial charge in [0.1, 0.15) is 5.75 Å². The van der Waals surface area contributed by atoms with Gasteiger partial charge in [-0.25, -0.2) is 0 Å². The number of amides is 1. The first-order valence-electron chi connectivity index (χ1n) is 8.34. The summed E-state index contributed by atoms with van der Waals surface area (Å²) in [6.07, 6.45) is 1.95. The molecule has 0 aromatic heterocycles. The van der Waals surface area contributed by atoms with Crippen LogP contribution in [0.4, 0.5) is 5.69 Å². The van der Waals surface area contributed by atoms with E-state index in [9.17, 15) is 4.79 Å². The molecule has 1 amide bonds. The number of fused-ring (bicyclic) bond motifs is 1. The minimum Gasteiger partial charge on any atom is -0.496 e. The number of rotatable bonds is 3. The summed E-state index contributed by atoms with van der Waals surface area (Å²) in [5, 5.41) is 3.59. The van der Waals surface area contributed by atoms with E-state index in [4.69, 9.17) is 16.3 Å². The number of carbonyl (C=O) groups excluding carboxylic acids is 1. The molecule has 1 aliphatic heterocycles. The molecule has 2 aromatic carbocycles. The first-order valence-corrected chi connectivity index (χ1v) is 8.72. The minimum atomic E-state index is -0.0957. The fourth-order valence-corrected chi connectivity index (χ4v) is 3.39. The van der Waals surface area contributed by atoms with Gasteiger partial charge in [0.2, 0.25) is 0 Å². The van der Waals surface area contributed by atoms with Crippen molar-refractivity contribution in [1.82, 2.24) is 0 Å². The lowest BCUT2D eigenvalue weighted by Gasteiger charge is -2.15. The van der Waals surface area contributed by atoms with E-state index in [0.29, 0.717) is 16.5 Å². The Morgan fingerprint density at radius 1 is 1.20 bits per heavy atom. The molecule has 4 heteroatoms. The van der Waals surface area contributed by atoms with Crippen molar-refractivity contribution in [2.45, 2.75) is 33.6 Å². The Bertz CT molecular complexity index is 897. The van der Waals surface area contributed by atoms with Crippen molar-refractivity contribution in [3.05, 3.63) is 57.1 Å². The molecule has 130 valence electrons. The molecule has 0 unspecified atom stereocenters. The zero-order valence-electron chi connectivity index (χ0n) is 15.2. The van der Waals surface area contributed by atoms with E-state index >= 15 is 0 Å². The predicted octanol–water partition coefficient (Wildman–Crippen LogP) is 5.58. The van der Waals surface area contributed by atoms with Crippen molar-refractivity contribution in [3.8, 4) is 5.75 Å². The first-order chi connectivity index (χ1) is 11.8. The Hall–Kier alpha value is -2.26. The highest BCUT2D eigenvalue weighted by atomic mass is 35.5. The van der Waals surface area contributed by atoms with Crippen LogP contribution in [0.1, 0.15) is 47.6 Å². The smallest absolute Gasteiger partial charge is 0.256 e. The second-order valence-corrected chi connectivity index (χ2v) is 7.12. The van der Waals surface area contributed by atoms with Crippen molar-refractivity contribution in [1.29, 1.82) is 0 Å². The van der Waals surface area contributed by atoms with Crippen LogP contribution < -0.4 is 10.1 Å². The summed E-state index contributed by atoms with van der Waals surface area (Å²) in [7, 11) is 1.69. The number of anilines is 1. The van der Waals surface area contributed by atoms with Gasteiger partial charge in [-0.1, -0.05) is 25.4 Å². The van der Waals surface area contributed by atoms with Gasteiger partial charge in [0.25, 0.3) is 5.91 Å². The van der Waals surface area contributed by atoms with E-state index in [2.05, 4.69) is 25.2 Å². The first kappa shape index (κ1) is 17.6. The number of hydrogen-bond donors (Lipinski definition) is 1. The highest BCUT2D eigenvalue weighted by Crippen LogP contribution is 2.39. The third-order valence-corrected chi connectivity index (χ3v) is 5.11. The molecule has 2 aromatic rings. The molecule has 0 bridgehead atoms. The van der Waals surface area contributed by atoms with Crippen LogP contribution in [0.5, 0.6) is 5.75 Å². The zero-order valence-corrected chi connectivity index (χ0v) is 15.9. The number of halogens is 1. The summed E-state index contributed by atoms with van der Waals surface area (Å²) < 4.78 is 5.51. The summed E-state index contributed by atoms with van der Waals surface area (Å²) in [5.74, 6) is 1.11. The molecule has 3 nitrogen and oxygen atoms in total. The van der Waals surface area contributed by atoms with E-state index in [1.54, 1.807) is 7.11 Å². The fourth-order valence-electron chi connectivity index (χ4n) is 3.23. The third-order valence-electron chi connectivity index (χ3n) is 4.70. The van der Waals surface area contributed by atoms with Crippen molar-refractivity contribution in [2.75, 3.05) is 12.4 Å². The van der Waals surface area contributed by atoms with Gasteiger partial charge in [-0.3, -0.25) is 4.79 Å². The molecule has 1 aliphatic rings. The number of aryl methyl sites for hydroxylation is 1. The Labute approximate surface area is 153 Å². The molecule has 1 heterocycles. The van der Waals surface area contributed by atoms with Crippen LogP contribution in [-0.4, -0.2) is 13.0 Å². The van der Waals surface area contributed by atoms with Gasteiger partial charge in [0, 0.05) is 21.8 Å². The highest BCUT2D eigenvalue weighted by molar-refractivity contribution is 6.37. The van der Waals surface area contributed by atoms with E-state index in [1.807, 2.05) is 38.1 Å². The molecule has 0 saturated carbocycles. The second-order valence-electron chi connectivity index (χ2n) is 6.71. The highest BCUT2D eigenvalue weighted by Gasteiger charge is 2.27. The van der Waals surface area contributed by atoms with E-state index in [0.717, 1.165) is 39.3 Å². The normalized spacial score (nSPS) is 14.8. The standard InChI is InChI=1S/C21H22ClNO2/c1-11(2)15-9-14(12(3)8-19(15)25-5)10-16-20-13(4)17(22)6-7-18(20)23-21(16)24/h6-11H,1-5H3,(H,23,24). The maximum atomic E-state index is 12.5. The number of carbonyl (C=O) groups is 1. The maximum Gasteiger partial charge on any atom is 0.256 e. The molecule has 1 N–H and O–H groups in total. The van der Waals surface area contributed by atoms with Crippen LogP contribution in [0, 0.1) is 13.8 Å². The fraction of sp³-hybridized carbons (Fsp3) is 0.286. The van der Waals surface area contributed by atoms with Gasteiger partial charge < -0.3 is 10.1 Å². The average molecular weight is 356 g/mol. The lowest BCUT2D eigenvalue weighted by atomic mass is 9.93. The van der Waals surface area contributed by atoms with Gasteiger partial charge in [0.15, 0.2) is 0 Å². The SMILES string of the molecule is COc1cc(C)c(C=C2C(=O)Nc3ccc(Cl)c(C)c32)cc1C(C)C. The van der Waals surface area contributed by atoms with E-state index in [-0.39, 0.29) is 5.91 Å². The second kappa shape index (κ2) is 6.57. The molecular weight excluding hydrogens is 334 g/mol. The van der Waals surface area contributed by atoms with Crippen LogP contribution in [-0.2, 0) is 4.79 Å². The van der Waals surface area contributed by atoms with Crippen LogP contribution in [0.15, 0.2) is 24.3 Å². The molecular formula is C21H22ClNO2. The molecule has 0 saturated heterocycles. The van der Waals surface area contributed by atoms with Gasteiger partial charge in [0.05, 0.1) is 7.11 Å². The number of benzene rings is 2. The Kier molecular flexibility index (Phi) is 4.61. The average Bonchev–Trinajstić information content (AvgIpc) is 2.88. The summed E-state index contributed by atoms with van der Waals surface area (Å²) in [6, 6.07) is 7.80. The minimum absolute atomic E-state index is 0.0957. The Balaban J connectivity index is 2.19. The molecule has 0 fully saturated rings. The Morgan fingerprint density at radius 2 is 1.92 bits per heavy atom. The topological polar surface area (TPSA) is 38.3 Å². The number of ether oxygens (including phenoxy) is 1. The van der Waals surface area contributed by atoms with Crippen molar-refractivity contribution in [2.24, 2.45) is 0 Å². The number of hydrogen-bond acceptors (Lipinski definition) is 2. The maximum absolute atomic E-state index is 12.5. The summed E-state index contributed by atoms with van der Waals surface area (Å²) in [4.78, 5) is 12.5. The lowest BCUT2D eigenvalue weighted by Crippen LogP contribution is -2.04. The summed E-state index contributed by atoms with van der Waals surface area (Å²) in [6.45, 7) is 8.23. The zero-order chi connectivity index (χ0) is 18.3. The largest absolute Gasteiger partial charge is 0.496 e. The third kappa shape index (κ3) is 3.05. The molecule has 0 spiro atoms. The molecule has 0 aliphatic carbocycles. The van der Waals surface area contributed by atoms with Gasteiger partial charge in [-0.15, -0.1) is 0 Å².